The van der Waals surface area contributed by atoms with E-state index in [4.69, 9.17) is 4.55 Å². The van der Waals surface area contributed by atoms with Gasteiger partial charge in [0.25, 0.3) is 0 Å². The number of aromatic nitrogens is 2. The first-order valence-electron chi connectivity index (χ1n) is 4.39. The molecule has 0 spiro atoms. The molecule has 16 heavy (non-hydrogen) atoms. The van der Waals surface area contributed by atoms with Crippen molar-refractivity contribution in [1.82, 2.24) is 9.13 Å². The highest BCUT2D eigenvalue weighted by Crippen LogP contribution is 2.25. The Kier molecular flexibility index (Phi) is 2.77. The minimum Gasteiger partial charge on any atom is -0.302 e. The van der Waals surface area contributed by atoms with E-state index < -0.39 is 11.1 Å². The van der Waals surface area contributed by atoms with Crippen LogP contribution in [0.3, 0.4) is 0 Å². The number of fused-ring (bicyclic) bond motifs is 1. The maximum Gasteiger partial charge on any atom is 0.328 e. The summed E-state index contributed by atoms with van der Waals surface area (Å²) in [7, 11) is 3.29. The van der Waals surface area contributed by atoms with Crippen LogP contribution in [-0.2, 0) is 25.2 Å². The second-order valence-electron chi connectivity index (χ2n) is 3.42. The second kappa shape index (κ2) is 3.83. The van der Waals surface area contributed by atoms with Crippen molar-refractivity contribution in [3.05, 3.63) is 27.1 Å². The molecule has 0 aliphatic carbocycles. The summed E-state index contributed by atoms with van der Waals surface area (Å²) in [6.45, 7) is 0. The molecule has 86 valence electrons. The number of imidazole rings is 1. The van der Waals surface area contributed by atoms with Gasteiger partial charge in [-0.3, -0.25) is 9.13 Å². The van der Waals surface area contributed by atoms with E-state index in [1.165, 1.54) is 15.2 Å². The number of nitrogens with zero attached hydrogens (tertiary/aromatic N) is 2. The van der Waals surface area contributed by atoms with Crippen molar-refractivity contribution in [2.75, 3.05) is 0 Å². The van der Waals surface area contributed by atoms with E-state index in [9.17, 15) is 9.00 Å². The molecule has 0 aliphatic rings. The topological polar surface area (TPSA) is 64.2 Å². The second-order valence-corrected chi connectivity index (χ2v) is 5.21. The van der Waals surface area contributed by atoms with Crippen LogP contribution in [0.5, 0.6) is 0 Å². The van der Waals surface area contributed by atoms with Crippen molar-refractivity contribution in [3.63, 3.8) is 0 Å². The number of hydrogen-bond donors (Lipinski definition) is 1. The van der Waals surface area contributed by atoms with E-state index in [1.54, 1.807) is 20.2 Å². The predicted molar refractivity (Wildman–Crippen MR) is 64.9 cm³/mol. The molecule has 1 unspecified atom stereocenters. The van der Waals surface area contributed by atoms with Gasteiger partial charge in [0, 0.05) is 18.6 Å². The molecule has 0 radical (unpaired) electrons. The fourth-order valence-electron chi connectivity index (χ4n) is 1.63. The lowest BCUT2D eigenvalue weighted by Gasteiger charge is -2.01. The van der Waals surface area contributed by atoms with Crippen molar-refractivity contribution in [2.45, 2.75) is 4.90 Å². The van der Waals surface area contributed by atoms with Crippen LogP contribution in [0.2, 0.25) is 0 Å². The van der Waals surface area contributed by atoms with Crippen LogP contribution < -0.4 is 5.69 Å². The molecule has 1 N–H and O–H groups in total. The standard InChI is InChI=1S/C9H9BrN2O3S/c1-11-6-3-5(10)8(16(14)15)4-7(6)12(2)9(11)13/h3-4H,1-2H3,(H,14,15). The fraction of sp³-hybridized carbons (Fsp3) is 0.222. The zero-order valence-electron chi connectivity index (χ0n) is 8.60. The van der Waals surface area contributed by atoms with E-state index in [1.807, 2.05) is 0 Å². The van der Waals surface area contributed by atoms with Gasteiger partial charge in [-0.25, -0.2) is 9.00 Å². The van der Waals surface area contributed by atoms with Crippen molar-refractivity contribution in [1.29, 1.82) is 0 Å². The van der Waals surface area contributed by atoms with E-state index in [-0.39, 0.29) is 10.6 Å². The Balaban J connectivity index is 2.96. The average Bonchev–Trinajstić information content (AvgIpc) is 2.43. The summed E-state index contributed by atoms with van der Waals surface area (Å²) >= 11 is 1.13. The maximum atomic E-state index is 11.7. The van der Waals surface area contributed by atoms with Crippen LogP contribution in [0.4, 0.5) is 0 Å². The summed E-state index contributed by atoms with van der Waals surface area (Å²) in [5, 5.41) is 0. The van der Waals surface area contributed by atoms with Crippen molar-refractivity contribution >= 4 is 38.0 Å². The van der Waals surface area contributed by atoms with Gasteiger partial charge >= 0.3 is 5.69 Å². The molecule has 2 rings (SSSR count). The van der Waals surface area contributed by atoms with E-state index >= 15 is 0 Å². The molecule has 1 heterocycles. The molecule has 5 nitrogen and oxygen atoms in total. The van der Waals surface area contributed by atoms with Crippen LogP contribution in [0.15, 0.2) is 26.3 Å². The summed E-state index contributed by atoms with van der Waals surface area (Å²) in [4.78, 5) is 11.9. The zero-order chi connectivity index (χ0) is 12.0. The van der Waals surface area contributed by atoms with Crippen LogP contribution in [0, 0.1) is 0 Å². The Morgan fingerprint density at radius 3 is 2.25 bits per heavy atom. The first kappa shape index (κ1) is 11.6. The van der Waals surface area contributed by atoms with Crippen molar-refractivity contribution in [3.8, 4) is 0 Å². The third kappa shape index (κ3) is 1.55. The number of aryl methyl sites for hydroxylation is 2. The Labute approximate surface area is 102 Å². The van der Waals surface area contributed by atoms with E-state index in [0.29, 0.717) is 15.5 Å². The highest BCUT2D eigenvalue weighted by Gasteiger charge is 2.13. The lowest BCUT2D eigenvalue weighted by atomic mass is 10.3. The van der Waals surface area contributed by atoms with Crippen LogP contribution >= 0.6 is 15.9 Å². The number of hydrogen-bond acceptors (Lipinski definition) is 2. The number of benzene rings is 1. The summed E-state index contributed by atoms with van der Waals surface area (Å²) in [6, 6.07) is 3.21. The Morgan fingerprint density at radius 1 is 1.25 bits per heavy atom. The van der Waals surface area contributed by atoms with Crippen molar-refractivity contribution < 1.29 is 8.76 Å². The van der Waals surface area contributed by atoms with Gasteiger partial charge in [-0.1, -0.05) is 0 Å². The minimum atomic E-state index is -2.07. The molecular weight excluding hydrogens is 296 g/mol. The summed E-state index contributed by atoms with van der Waals surface area (Å²) in [5.41, 5.74) is 1.18. The van der Waals surface area contributed by atoms with E-state index in [2.05, 4.69) is 15.9 Å². The Bertz CT molecular complexity index is 659. The molecule has 0 bridgehead atoms. The van der Waals surface area contributed by atoms with Crippen LogP contribution in [0.25, 0.3) is 11.0 Å². The maximum absolute atomic E-state index is 11.7. The highest BCUT2D eigenvalue weighted by molar-refractivity contribution is 9.10. The zero-order valence-corrected chi connectivity index (χ0v) is 11.0. The minimum absolute atomic E-state index is 0.164. The van der Waals surface area contributed by atoms with Gasteiger partial charge in [0.15, 0.2) is 11.1 Å². The molecule has 0 fully saturated rings. The Hall–Kier alpha value is -0.920. The molecule has 0 saturated carbocycles. The summed E-state index contributed by atoms with van der Waals surface area (Å²) in [5.74, 6) is 0. The van der Waals surface area contributed by atoms with Gasteiger partial charge in [0.2, 0.25) is 0 Å². The lowest BCUT2D eigenvalue weighted by molar-refractivity contribution is 0.564. The van der Waals surface area contributed by atoms with Crippen LogP contribution in [0.1, 0.15) is 0 Å². The molecule has 1 aromatic carbocycles. The third-order valence-corrected chi connectivity index (χ3v) is 4.15. The Morgan fingerprint density at radius 2 is 1.75 bits per heavy atom. The number of halogens is 1. The first-order valence-corrected chi connectivity index (χ1v) is 6.29. The quantitative estimate of drug-likeness (QED) is 0.806. The lowest BCUT2D eigenvalue weighted by Crippen LogP contribution is -2.19. The smallest absolute Gasteiger partial charge is 0.302 e. The molecule has 7 heteroatoms. The number of rotatable bonds is 1. The molecule has 2 aromatic rings. The SMILES string of the molecule is Cn1c(=O)n(C)c2cc(S(=O)O)c(Br)cc21. The van der Waals surface area contributed by atoms with E-state index in [0.717, 1.165) is 0 Å². The highest BCUT2D eigenvalue weighted by atomic mass is 79.9. The summed E-state index contributed by atoms with van der Waals surface area (Å²) < 4.78 is 23.6. The molecule has 0 aliphatic heterocycles. The van der Waals surface area contributed by atoms with Crippen LogP contribution in [-0.4, -0.2) is 17.9 Å². The van der Waals surface area contributed by atoms with Gasteiger partial charge in [0.1, 0.15) is 0 Å². The van der Waals surface area contributed by atoms with Gasteiger partial charge < -0.3 is 4.55 Å². The first-order chi connectivity index (χ1) is 7.43. The summed E-state index contributed by atoms with van der Waals surface area (Å²) in [6.07, 6.45) is 0. The monoisotopic (exact) mass is 304 g/mol. The molecular formula is C9H9BrN2O3S. The van der Waals surface area contributed by atoms with Gasteiger partial charge in [-0.15, -0.1) is 0 Å². The van der Waals surface area contributed by atoms with Gasteiger partial charge in [-0.2, -0.15) is 0 Å². The third-order valence-electron chi connectivity index (χ3n) is 2.51. The normalized spacial score (nSPS) is 13.2. The molecule has 0 saturated heterocycles. The fourth-order valence-corrected chi connectivity index (χ4v) is 2.82. The average molecular weight is 305 g/mol. The van der Waals surface area contributed by atoms with Gasteiger partial charge in [0.05, 0.1) is 15.9 Å². The van der Waals surface area contributed by atoms with Gasteiger partial charge in [-0.05, 0) is 28.1 Å². The molecule has 1 atom stereocenters. The largest absolute Gasteiger partial charge is 0.328 e. The van der Waals surface area contributed by atoms with Crippen molar-refractivity contribution in [2.24, 2.45) is 14.1 Å². The predicted octanol–water partition coefficient (Wildman–Crippen LogP) is 1.22. The molecule has 0 amide bonds. The molecule has 1 aromatic heterocycles.